The van der Waals surface area contributed by atoms with Crippen LogP contribution in [0.1, 0.15) is 22.7 Å². The van der Waals surface area contributed by atoms with Crippen LogP contribution >= 0.6 is 0 Å². The van der Waals surface area contributed by atoms with Gasteiger partial charge in [0.15, 0.2) is 0 Å². The fourth-order valence-electron chi connectivity index (χ4n) is 5.67. The van der Waals surface area contributed by atoms with Gasteiger partial charge in [0.25, 0.3) is 0 Å². The lowest BCUT2D eigenvalue weighted by Gasteiger charge is -2.59. The number of fused-ring (bicyclic) bond motifs is 3. The molecule has 3 aromatic carbocycles. The highest BCUT2D eigenvalue weighted by Crippen LogP contribution is 2.55. The number of nitrogens with zero attached hydrogens (tertiary/aromatic N) is 3. The standard InChI is InChI=1S/C27H23N3O4/c1-28-21-15-9-8-14-20(21)27(19-12-6-3-7-13-19)24(25(32)29(27)16-23(28)31)30-22(17-34-26(30)33)18-10-4-2-5-11-18/h2-15,22,24H,16-17H2,1H3. The average molecular weight is 453 g/mol. The Balaban J connectivity index is 1.61. The Hall–Kier alpha value is -4.13. The van der Waals surface area contributed by atoms with Gasteiger partial charge in [0.1, 0.15) is 24.7 Å². The average Bonchev–Trinajstić information content (AvgIpc) is 3.22. The number of likely N-dealkylation sites (N-methyl/N-ethyl adjacent to an activating group) is 1. The molecule has 2 saturated heterocycles. The lowest BCUT2D eigenvalue weighted by Crippen LogP contribution is -2.77. The minimum absolute atomic E-state index is 0.0751. The number of carbonyl (C=O) groups excluding carboxylic acids is 3. The molecular weight excluding hydrogens is 430 g/mol. The fourth-order valence-corrected chi connectivity index (χ4v) is 5.67. The summed E-state index contributed by atoms with van der Waals surface area (Å²) in [4.78, 5) is 44.9. The SMILES string of the molecule is CN1C(=O)CN2C(=O)C(N3C(=O)OCC3c3ccccc3)C2(c2ccccc2)c2ccccc21. The summed E-state index contributed by atoms with van der Waals surface area (Å²) in [7, 11) is 1.72. The number of rotatable bonds is 3. The summed E-state index contributed by atoms with van der Waals surface area (Å²) in [6, 6.07) is 25.6. The van der Waals surface area contributed by atoms with E-state index in [0.717, 1.165) is 22.4 Å². The zero-order valence-corrected chi connectivity index (χ0v) is 18.6. The molecule has 2 fully saturated rings. The minimum atomic E-state index is -1.02. The summed E-state index contributed by atoms with van der Waals surface area (Å²) in [5.41, 5.74) is 2.26. The summed E-state index contributed by atoms with van der Waals surface area (Å²) in [5, 5.41) is 0. The van der Waals surface area contributed by atoms with Crippen molar-refractivity contribution in [3.05, 3.63) is 102 Å². The highest BCUT2D eigenvalue weighted by atomic mass is 16.6. The van der Waals surface area contributed by atoms with E-state index < -0.39 is 23.7 Å². The molecule has 3 aliphatic rings. The van der Waals surface area contributed by atoms with Crippen molar-refractivity contribution in [3.8, 4) is 0 Å². The van der Waals surface area contributed by atoms with Crippen molar-refractivity contribution in [1.29, 1.82) is 0 Å². The third-order valence-corrected chi connectivity index (χ3v) is 7.25. The molecule has 3 unspecified atom stereocenters. The predicted octanol–water partition coefficient (Wildman–Crippen LogP) is 3.31. The molecule has 0 bridgehead atoms. The van der Waals surface area contributed by atoms with Gasteiger partial charge in [0.2, 0.25) is 11.8 Å². The van der Waals surface area contributed by atoms with Crippen LogP contribution in [0.25, 0.3) is 0 Å². The van der Waals surface area contributed by atoms with E-state index in [1.165, 1.54) is 0 Å². The van der Waals surface area contributed by atoms with E-state index >= 15 is 0 Å². The van der Waals surface area contributed by atoms with Crippen LogP contribution in [0.2, 0.25) is 0 Å². The number of hydrogen-bond acceptors (Lipinski definition) is 4. The van der Waals surface area contributed by atoms with Gasteiger partial charge in [-0.3, -0.25) is 14.5 Å². The van der Waals surface area contributed by atoms with E-state index in [1.54, 1.807) is 21.7 Å². The van der Waals surface area contributed by atoms with Crippen molar-refractivity contribution in [1.82, 2.24) is 9.80 Å². The third kappa shape index (κ3) is 2.61. The van der Waals surface area contributed by atoms with Crippen LogP contribution in [0.4, 0.5) is 10.5 Å². The first-order valence-electron chi connectivity index (χ1n) is 11.3. The van der Waals surface area contributed by atoms with Crippen LogP contribution in [0.3, 0.4) is 0 Å². The molecule has 0 saturated carbocycles. The number of amides is 3. The van der Waals surface area contributed by atoms with Crippen molar-refractivity contribution in [2.75, 3.05) is 25.1 Å². The number of hydrogen-bond donors (Lipinski definition) is 0. The second-order valence-corrected chi connectivity index (χ2v) is 8.84. The van der Waals surface area contributed by atoms with Crippen LogP contribution in [0, 0.1) is 0 Å². The van der Waals surface area contributed by atoms with Gasteiger partial charge in [0.05, 0.1) is 6.04 Å². The van der Waals surface area contributed by atoms with Crippen molar-refractivity contribution < 1.29 is 19.1 Å². The maximum Gasteiger partial charge on any atom is 0.411 e. The highest BCUT2D eigenvalue weighted by Gasteiger charge is 2.69. The summed E-state index contributed by atoms with van der Waals surface area (Å²) >= 11 is 0. The van der Waals surface area contributed by atoms with E-state index in [2.05, 4.69) is 0 Å². The van der Waals surface area contributed by atoms with Gasteiger partial charge in [-0.05, 0) is 17.2 Å². The van der Waals surface area contributed by atoms with Gasteiger partial charge in [-0.2, -0.15) is 0 Å². The normalized spacial score (nSPS) is 25.9. The molecule has 7 heteroatoms. The van der Waals surface area contributed by atoms with Crippen LogP contribution in [-0.2, 0) is 19.9 Å². The molecule has 7 nitrogen and oxygen atoms in total. The number of anilines is 1. The largest absolute Gasteiger partial charge is 0.447 e. The van der Waals surface area contributed by atoms with Crippen molar-refractivity contribution in [2.24, 2.45) is 0 Å². The summed E-state index contributed by atoms with van der Waals surface area (Å²) in [5.74, 6) is -0.442. The number of ether oxygens (including phenoxy) is 1. The molecule has 34 heavy (non-hydrogen) atoms. The monoisotopic (exact) mass is 453 g/mol. The molecule has 0 aromatic heterocycles. The van der Waals surface area contributed by atoms with Crippen molar-refractivity contribution in [3.63, 3.8) is 0 Å². The second-order valence-electron chi connectivity index (χ2n) is 8.84. The van der Waals surface area contributed by atoms with Gasteiger partial charge in [-0.1, -0.05) is 78.9 Å². The molecule has 3 amide bonds. The van der Waals surface area contributed by atoms with Gasteiger partial charge in [-0.25, -0.2) is 4.79 Å². The quantitative estimate of drug-likeness (QED) is 0.571. The minimum Gasteiger partial charge on any atom is -0.447 e. The van der Waals surface area contributed by atoms with Gasteiger partial charge in [-0.15, -0.1) is 0 Å². The molecule has 3 aromatic rings. The smallest absolute Gasteiger partial charge is 0.411 e. The molecular formula is C27H23N3O4. The summed E-state index contributed by atoms with van der Waals surface area (Å²) < 4.78 is 5.50. The highest BCUT2D eigenvalue weighted by molar-refractivity contribution is 6.05. The maximum atomic E-state index is 13.8. The van der Waals surface area contributed by atoms with E-state index in [-0.39, 0.29) is 25.0 Å². The predicted molar refractivity (Wildman–Crippen MR) is 125 cm³/mol. The molecule has 3 heterocycles. The topological polar surface area (TPSA) is 70.2 Å². The van der Waals surface area contributed by atoms with E-state index in [4.69, 9.17) is 4.74 Å². The van der Waals surface area contributed by atoms with Crippen LogP contribution in [0.15, 0.2) is 84.9 Å². The Bertz CT molecular complexity index is 1300. The fraction of sp³-hybridized carbons (Fsp3) is 0.222. The first-order valence-corrected chi connectivity index (χ1v) is 11.3. The molecule has 0 spiro atoms. The molecule has 0 N–H and O–H groups in total. The zero-order valence-electron chi connectivity index (χ0n) is 18.6. The Kier molecular flexibility index (Phi) is 4.49. The lowest BCUT2D eigenvalue weighted by atomic mass is 9.67. The number of β-lactam (4-membered cyclic amide) rings is 1. The molecule has 3 atom stereocenters. The van der Waals surface area contributed by atoms with Crippen LogP contribution < -0.4 is 4.90 Å². The Morgan fingerprint density at radius 2 is 1.50 bits per heavy atom. The number of benzene rings is 3. The Labute approximate surface area is 197 Å². The molecule has 6 rings (SSSR count). The van der Waals surface area contributed by atoms with E-state index in [1.807, 2.05) is 84.9 Å². The zero-order chi connectivity index (χ0) is 23.4. The summed E-state index contributed by atoms with van der Waals surface area (Å²) in [6.07, 6.45) is -0.524. The number of carbonyl (C=O) groups is 3. The van der Waals surface area contributed by atoms with Crippen LogP contribution in [0.5, 0.6) is 0 Å². The first-order chi connectivity index (χ1) is 16.5. The molecule has 0 radical (unpaired) electrons. The number of para-hydroxylation sites is 1. The Morgan fingerprint density at radius 1 is 0.853 bits per heavy atom. The van der Waals surface area contributed by atoms with E-state index in [0.29, 0.717) is 0 Å². The van der Waals surface area contributed by atoms with Gasteiger partial charge < -0.3 is 14.5 Å². The third-order valence-electron chi connectivity index (χ3n) is 7.25. The van der Waals surface area contributed by atoms with Crippen LogP contribution in [-0.4, -0.2) is 53.9 Å². The number of cyclic esters (lactones) is 1. The molecule has 170 valence electrons. The Morgan fingerprint density at radius 3 is 2.24 bits per heavy atom. The maximum absolute atomic E-state index is 13.8. The van der Waals surface area contributed by atoms with Gasteiger partial charge >= 0.3 is 6.09 Å². The summed E-state index contributed by atoms with van der Waals surface area (Å²) in [6.45, 7) is 0.0896. The van der Waals surface area contributed by atoms with Crippen molar-refractivity contribution in [2.45, 2.75) is 17.6 Å². The molecule has 0 aliphatic carbocycles. The second kappa shape index (κ2) is 7.45. The lowest BCUT2D eigenvalue weighted by molar-refractivity contribution is -0.170. The van der Waals surface area contributed by atoms with Crippen molar-refractivity contribution >= 4 is 23.6 Å². The van der Waals surface area contributed by atoms with E-state index in [9.17, 15) is 14.4 Å². The van der Waals surface area contributed by atoms with Gasteiger partial charge in [0, 0.05) is 18.3 Å². The first kappa shape index (κ1) is 20.5. The molecule has 3 aliphatic heterocycles.